The molecule has 1 N–H and O–H groups in total. The van der Waals surface area contributed by atoms with Crippen molar-refractivity contribution in [2.45, 2.75) is 17.5 Å². The molecule has 0 heterocycles. The van der Waals surface area contributed by atoms with Crippen molar-refractivity contribution >= 4 is 29.3 Å². The third kappa shape index (κ3) is 6.14. The number of thioether (sulfide) groups is 1. The van der Waals surface area contributed by atoms with Gasteiger partial charge in [-0.25, -0.2) is 0 Å². The number of hydrogen-bond donors (Lipinski definition) is 1. The molecule has 2 aromatic carbocycles. The number of halogens is 4. The second-order valence-electron chi connectivity index (χ2n) is 5.38. The average Bonchev–Trinajstić information content (AvgIpc) is 2.60. The summed E-state index contributed by atoms with van der Waals surface area (Å²) in [7, 11) is 1.59. The molecule has 0 atom stereocenters. The first kappa shape index (κ1) is 20.5. The molecular formula is C18H17ClF3NO2S. The van der Waals surface area contributed by atoms with Crippen molar-refractivity contribution in [3.63, 3.8) is 0 Å². The van der Waals surface area contributed by atoms with Gasteiger partial charge in [0.1, 0.15) is 5.75 Å². The normalized spacial score (nSPS) is 11.3. The minimum atomic E-state index is -4.52. The van der Waals surface area contributed by atoms with Crippen molar-refractivity contribution in [3.05, 3.63) is 58.6 Å². The number of benzene rings is 2. The number of hydrogen-bond acceptors (Lipinski definition) is 3. The van der Waals surface area contributed by atoms with Crippen LogP contribution in [0.15, 0.2) is 47.4 Å². The van der Waals surface area contributed by atoms with Gasteiger partial charge in [0, 0.05) is 11.4 Å². The molecule has 0 aliphatic carbocycles. The fourth-order valence-electron chi connectivity index (χ4n) is 2.15. The van der Waals surface area contributed by atoms with Crippen molar-refractivity contribution in [3.8, 4) is 5.75 Å². The number of amides is 1. The van der Waals surface area contributed by atoms with Crippen molar-refractivity contribution in [2.24, 2.45) is 0 Å². The molecule has 0 spiro atoms. The maximum atomic E-state index is 12.8. The van der Waals surface area contributed by atoms with E-state index < -0.39 is 11.7 Å². The van der Waals surface area contributed by atoms with Gasteiger partial charge in [-0.2, -0.15) is 13.2 Å². The number of carbonyl (C=O) groups is 1. The molecule has 0 radical (unpaired) electrons. The zero-order chi connectivity index (χ0) is 19.2. The lowest BCUT2D eigenvalue weighted by Gasteiger charge is -2.11. The predicted octanol–water partition coefficient (Wildman–Crippen LogP) is 4.82. The molecule has 0 aliphatic rings. The lowest BCUT2D eigenvalue weighted by Crippen LogP contribution is -2.27. The van der Waals surface area contributed by atoms with Crippen LogP contribution in [0.5, 0.6) is 5.75 Å². The van der Waals surface area contributed by atoms with Crippen LogP contribution >= 0.6 is 23.4 Å². The van der Waals surface area contributed by atoms with Gasteiger partial charge in [0.2, 0.25) is 5.91 Å². The van der Waals surface area contributed by atoms with Gasteiger partial charge in [0.05, 0.1) is 23.4 Å². The highest BCUT2D eigenvalue weighted by Crippen LogP contribution is 2.36. The maximum absolute atomic E-state index is 12.8. The van der Waals surface area contributed by atoms with E-state index in [9.17, 15) is 18.0 Å². The summed E-state index contributed by atoms with van der Waals surface area (Å²) in [6, 6.07) is 11.1. The largest absolute Gasteiger partial charge is 0.497 e. The Morgan fingerprint density at radius 1 is 1.19 bits per heavy atom. The standard InChI is InChI=1S/C18H17ClF3NO2S/c1-25-13-4-2-12(3-5-13)8-9-23-17(24)11-26-14-6-7-16(19)15(10-14)18(20,21)22/h2-7,10H,8-9,11H2,1H3,(H,23,24). The molecule has 1 amide bonds. The summed E-state index contributed by atoms with van der Waals surface area (Å²) in [4.78, 5) is 12.2. The molecule has 0 aromatic heterocycles. The highest BCUT2D eigenvalue weighted by molar-refractivity contribution is 8.00. The van der Waals surface area contributed by atoms with Gasteiger partial charge in [-0.05, 0) is 42.3 Å². The second kappa shape index (κ2) is 9.19. The van der Waals surface area contributed by atoms with Crippen LogP contribution < -0.4 is 10.1 Å². The van der Waals surface area contributed by atoms with Crippen molar-refractivity contribution in [2.75, 3.05) is 19.4 Å². The Bertz CT molecular complexity index is 751. The molecule has 0 bridgehead atoms. The first-order valence-corrected chi connectivity index (χ1v) is 9.05. The lowest BCUT2D eigenvalue weighted by atomic mass is 10.1. The second-order valence-corrected chi connectivity index (χ2v) is 6.83. The van der Waals surface area contributed by atoms with E-state index in [1.165, 1.54) is 12.1 Å². The summed E-state index contributed by atoms with van der Waals surface area (Å²) in [6.07, 6.45) is -3.87. The minimum absolute atomic E-state index is 0.0293. The number of methoxy groups -OCH3 is 1. The average molecular weight is 404 g/mol. The van der Waals surface area contributed by atoms with E-state index >= 15 is 0 Å². The number of ether oxygens (including phenoxy) is 1. The first-order chi connectivity index (χ1) is 12.3. The molecular weight excluding hydrogens is 387 g/mol. The maximum Gasteiger partial charge on any atom is 0.417 e. The van der Waals surface area contributed by atoms with E-state index in [0.29, 0.717) is 17.9 Å². The van der Waals surface area contributed by atoms with E-state index in [1.807, 2.05) is 24.3 Å². The monoisotopic (exact) mass is 403 g/mol. The number of nitrogens with one attached hydrogen (secondary N) is 1. The molecule has 0 saturated carbocycles. The number of rotatable bonds is 7. The summed E-state index contributed by atoms with van der Waals surface area (Å²) in [6.45, 7) is 0.445. The Morgan fingerprint density at radius 3 is 2.50 bits per heavy atom. The quantitative estimate of drug-likeness (QED) is 0.674. The van der Waals surface area contributed by atoms with Crippen LogP contribution in [0.2, 0.25) is 5.02 Å². The molecule has 140 valence electrons. The Morgan fingerprint density at radius 2 is 1.88 bits per heavy atom. The molecule has 0 fully saturated rings. The highest BCUT2D eigenvalue weighted by Gasteiger charge is 2.33. The zero-order valence-corrected chi connectivity index (χ0v) is 15.5. The summed E-state index contributed by atoms with van der Waals surface area (Å²) in [5.41, 5.74) is 0.148. The van der Waals surface area contributed by atoms with Crippen LogP contribution in [0, 0.1) is 0 Å². The number of alkyl halides is 3. The highest BCUT2D eigenvalue weighted by atomic mass is 35.5. The molecule has 3 nitrogen and oxygen atoms in total. The van der Waals surface area contributed by atoms with E-state index in [1.54, 1.807) is 7.11 Å². The van der Waals surface area contributed by atoms with Gasteiger partial charge >= 0.3 is 6.18 Å². The Labute approximate surface area is 158 Å². The van der Waals surface area contributed by atoms with Crippen LogP contribution in [0.25, 0.3) is 0 Å². The summed E-state index contributed by atoms with van der Waals surface area (Å²) in [5.74, 6) is 0.545. The van der Waals surface area contributed by atoms with Crippen molar-refractivity contribution < 1.29 is 22.7 Å². The van der Waals surface area contributed by atoms with Gasteiger partial charge in [0.15, 0.2) is 0 Å². The molecule has 0 unspecified atom stereocenters. The topological polar surface area (TPSA) is 38.3 Å². The SMILES string of the molecule is COc1ccc(CCNC(=O)CSc2ccc(Cl)c(C(F)(F)F)c2)cc1. The Kier molecular flexibility index (Phi) is 7.23. The Balaban J connectivity index is 1.79. The predicted molar refractivity (Wildman–Crippen MR) is 96.9 cm³/mol. The van der Waals surface area contributed by atoms with Gasteiger partial charge in [0.25, 0.3) is 0 Å². The summed E-state index contributed by atoms with van der Waals surface area (Å²) < 4.78 is 43.5. The van der Waals surface area contributed by atoms with E-state index in [4.69, 9.17) is 16.3 Å². The smallest absolute Gasteiger partial charge is 0.417 e. The van der Waals surface area contributed by atoms with E-state index in [-0.39, 0.29) is 16.7 Å². The summed E-state index contributed by atoms with van der Waals surface area (Å²) >= 11 is 6.60. The number of carbonyl (C=O) groups excluding carboxylic acids is 1. The molecule has 26 heavy (non-hydrogen) atoms. The van der Waals surface area contributed by atoms with Crippen LogP contribution in [-0.4, -0.2) is 25.3 Å². The molecule has 2 rings (SSSR count). The lowest BCUT2D eigenvalue weighted by molar-refractivity contribution is -0.137. The van der Waals surface area contributed by atoms with E-state index in [2.05, 4.69) is 5.32 Å². The molecule has 2 aromatic rings. The fraction of sp³-hybridized carbons (Fsp3) is 0.278. The zero-order valence-electron chi connectivity index (χ0n) is 13.9. The molecule has 0 aliphatic heterocycles. The van der Waals surface area contributed by atoms with E-state index in [0.717, 1.165) is 29.1 Å². The van der Waals surface area contributed by atoms with Gasteiger partial charge in [-0.15, -0.1) is 11.8 Å². The minimum Gasteiger partial charge on any atom is -0.497 e. The molecule has 0 saturated heterocycles. The fourth-order valence-corrected chi connectivity index (χ4v) is 3.14. The third-order valence-electron chi connectivity index (χ3n) is 3.51. The van der Waals surface area contributed by atoms with Crippen LogP contribution in [0.4, 0.5) is 13.2 Å². The van der Waals surface area contributed by atoms with Crippen LogP contribution in [0.1, 0.15) is 11.1 Å². The Hall–Kier alpha value is -1.86. The van der Waals surface area contributed by atoms with Crippen LogP contribution in [-0.2, 0) is 17.4 Å². The van der Waals surface area contributed by atoms with Crippen LogP contribution in [0.3, 0.4) is 0 Å². The first-order valence-electron chi connectivity index (χ1n) is 7.69. The summed E-state index contributed by atoms with van der Waals surface area (Å²) in [5, 5.41) is 2.39. The molecule has 8 heteroatoms. The van der Waals surface area contributed by atoms with Gasteiger partial charge in [-0.3, -0.25) is 4.79 Å². The third-order valence-corrected chi connectivity index (χ3v) is 4.83. The van der Waals surface area contributed by atoms with Crippen molar-refractivity contribution in [1.29, 1.82) is 0 Å². The van der Waals surface area contributed by atoms with Gasteiger partial charge < -0.3 is 10.1 Å². The van der Waals surface area contributed by atoms with Gasteiger partial charge in [-0.1, -0.05) is 23.7 Å². The van der Waals surface area contributed by atoms with Crippen molar-refractivity contribution in [1.82, 2.24) is 5.32 Å².